The molecule has 2 aliphatic heterocycles. The van der Waals surface area contributed by atoms with Gasteiger partial charge in [0.05, 0.1) is 13.2 Å². The molecular formula is C31H70N6O2P4. The molecule has 0 aliphatic carbocycles. The van der Waals surface area contributed by atoms with Crippen LogP contribution in [0.25, 0.3) is 0 Å². The average Bonchev–Trinajstić information content (AvgIpc) is 2.70. The maximum Gasteiger partial charge on any atom is 0.200 e. The fourth-order valence-electron chi connectivity index (χ4n) is 4.81. The van der Waals surface area contributed by atoms with Gasteiger partial charge in [-0.2, -0.15) is 17.8 Å². The summed E-state index contributed by atoms with van der Waals surface area (Å²) in [6.07, 6.45) is 2.05. The van der Waals surface area contributed by atoms with Gasteiger partial charge in [0, 0.05) is 38.6 Å². The van der Waals surface area contributed by atoms with Crippen LogP contribution in [0.3, 0.4) is 0 Å². The van der Waals surface area contributed by atoms with Gasteiger partial charge in [-0.1, -0.05) is 13.8 Å². The maximum atomic E-state index is 7.09. The zero-order valence-corrected chi connectivity index (χ0v) is 35.3. The molecule has 0 aromatic heterocycles. The lowest BCUT2D eigenvalue weighted by Crippen LogP contribution is -2.58. The third kappa shape index (κ3) is 10.2. The van der Waals surface area contributed by atoms with Crippen molar-refractivity contribution in [2.24, 2.45) is 5.41 Å². The minimum Gasteiger partial charge on any atom is -0.330 e. The van der Waals surface area contributed by atoms with Crippen molar-refractivity contribution in [3.05, 3.63) is 0 Å². The molecule has 0 unspecified atom stereocenters. The molecule has 12 heteroatoms. The summed E-state index contributed by atoms with van der Waals surface area (Å²) in [4.78, 5) is 0. The summed E-state index contributed by atoms with van der Waals surface area (Å²) >= 11 is 0. The Labute approximate surface area is 273 Å². The van der Waals surface area contributed by atoms with Crippen molar-refractivity contribution in [3.8, 4) is 0 Å². The normalized spacial score (nSPS) is 26.5. The lowest BCUT2D eigenvalue weighted by Gasteiger charge is -2.65. The monoisotopic (exact) mass is 682 g/mol. The summed E-state index contributed by atoms with van der Waals surface area (Å²) in [5.74, 6) is 0. The second kappa shape index (κ2) is 13.7. The summed E-state index contributed by atoms with van der Waals surface area (Å²) in [5.41, 5.74) is 0.00684. The molecule has 8 nitrogen and oxygen atoms in total. The third-order valence-corrected chi connectivity index (χ3v) is 21.0. The standard InChI is InChI=1S/C31H70N6O2P4/c1-21-31(22-2,23-38-42-34(27(9,10)11)40(32-25(3,4)5)35(42)28(12,13)14)24-39-43-36(29(15,16)17)41(33-26(6,7)8)37(43)30(18,19)20/h32-33H,21-24H2,1-20H3. The van der Waals surface area contributed by atoms with Crippen molar-refractivity contribution in [2.75, 3.05) is 13.2 Å². The quantitative estimate of drug-likeness (QED) is 0.221. The van der Waals surface area contributed by atoms with E-state index in [9.17, 15) is 0 Å². The molecule has 2 heterocycles. The average molecular weight is 683 g/mol. The highest BCUT2D eigenvalue weighted by atomic mass is 31.3. The molecular weight excluding hydrogens is 612 g/mol. The van der Waals surface area contributed by atoms with Gasteiger partial charge in [-0.3, -0.25) is 10.2 Å². The van der Waals surface area contributed by atoms with Crippen LogP contribution in [0.5, 0.6) is 0 Å². The highest BCUT2D eigenvalue weighted by Crippen LogP contribution is 2.82. The molecule has 0 radical (unpaired) electrons. The van der Waals surface area contributed by atoms with Gasteiger partial charge < -0.3 is 9.05 Å². The van der Waals surface area contributed by atoms with Crippen LogP contribution in [-0.2, 0) is 9.05 Å². The Hall–Kier alpha value is 1.40. The van der Waals surface area contributed by atoms with Crippen molar-refractivity contribution >= 4 is 33.6 Å². The number of rotatable bonds is 10. The van der Waals surface area contributed by atoms with Crippen LogP contribution < -0.4 is 10.2 Å². The first-order valence-corrected chi connectivity index (χ1v) is 21.0. The van der Waals surface area contributed by atoms with Gasteiger partial charge in [-0.15, -0.1) is 0 Å². The van der Waals surface area contributed by atoms with Crippen molar-refractivity contribution in [1.29, 1.82) is 0 Å². The number of hydrogen-bond donors (Lipinski definition) is 2. The van der Waals surface area contributed by atoms with E-state index in [1.54, 1.807) is 0 Å². The fraction of sp³-hybridized carbons (Fsp3) is 1.00. The van der Waals surface area contributed by atoms with Crippen LogP contribution in [0, 0.1) is 5.41 Å². The molecule has 0 bridgehead atoms. The summed E-state index contributed by atoms with van der Waals surface area (Å²) < 4.78 is 24.7. The van der Waals surface area contributed by atoms with Crippen molar-refractivity contribution < 1.29 is 9.05 Å². The van der Waals surface area contributed by atoms with Gasteiger partial charge in [0.15, 0.2) is 0 Å². The molecule has 0 spiro atoms. The second-order valence-corrected chi connectivity index (χ2v) is 26.0. The van der Waals surface area contributed by atoms with Crippen molar-refractivity contribution in [3.63, 3.8) is 0 Å². The highest BCUT2D eigenvalue weighted by Gasteiger charge is 2.60. The lowest BCUT2D eigenvalue weighted by atomic mass is 9.84. The molecule has 0 amide bonds. The Morgan fingerprint density at radius 2 is 0.674 bits per heavy atom. The van der Waals surface area contributed by atoms with Crippen LogP contribution in [0.2, 0.25) is 0 Å². The van der Waals surface area contributed by atoms with Gasteiger partial charge in [-0.05, 0) is 137 Å². The zero-order chi connectivity index (χ0) is 33.8. The van der Waals surface area contributed by atoms with Gasteiger partial charge in [0.25, 0.3) is 0 Å². The fourth-order valence-corrected chi connectivity index (χ4v) is 16.9. The Morgan fingerprint density at radius 3 is 0.837 bits per heavy atom. The van der Waals surface area contributed by atoms with Gasteiger partial charge in [-0.25, -0.2) is 0 Å². The minimum atomic E-state index is -0.907. The number of nitrogens with one attached hydrogen (secondary N) is 2. The molecule has 0 aromatic carbocycles. The van der Waals surface area contributed by atoms with E-state index in [1.165, 1.54) is 0 Å². The predicted molar refractivity (Wildman–Crippen MR) is 195 cm³/mol. The van der Waals surface area contributed by atoms with Crippen LogP contribution in [0.4, 0.5) is 0 Å². The Bertz CT molecular complexity index is 796. The van der Waals surface area contributed by atoms with Crippen LogP contribution in [0.15, 0.2) is 0 Å². The van der Waals surface area contributed by atoms with E-state index in [1.807, 2.05) is 0 Å². The van der Waals surface area contributed by atoms with Crippen LogP contribution in [0.1, 0.15) is 151 Å². The van der Waals surface area contributed by atoms with E-state index < -0.39 is 33.6 Å². The summed E-state index contributed by atoms with van der Waals surface area (Å²) in [7, 11) is -3.17. The first-order valence-electron chi connectivity index (χ1n) is 16.2. The van der Waals surface area contributed by atoms with Crippen LogP contribution >= 0.6 is 33.6 Å². The maximum absolute atomic E-state index is 7.09. The van der Waals surface area contributed by atoms with Gasteiger partial charge >= 0.3 is 0 Å². The van der Waals surface area contributed by atoms with E-state index in [2.05, 4.69) is 166 Å². The second-order valence-electron chi connectivity index (χ2n) is 18.4. The van der Waals surface area contributed by atoms with E-state index in [-0.39, 0.29) is 38.6 Å². The van der Waals surface area contributed by atoms with Crippen molar-refractivity contribution in [2.45, 2.75) is 185 Å². The largest absolute Gasteiger partial charge is 0.330 e. The number of hydrogen-bond acceptors (Lipinski definition) is 8. The smallest absolute Gasteiger partial charge is 0.200 e. The molecule has 2 fully saturated rings. The molecule has 2 saturated heterocycles. The lowest BCUT2D eigenvalue weighted by molar-refractivity contribution is 0.0587. The highest BCUT2D eigenvalue weighted by molar-refractivity contribution is 7.80. The topological polar surface area (TPSA) is 55.5 Å². The first kappa shape index (κ1) is 40.6. The van der Waals surface area contributed by atoms with E-state index in [4.69, 9.17) is 9.05 Å². The minimum absolute atomic E-state index is 0.00179. The van der Waals surface area contributed by atoms with Gasteiger partial charge in [0.1, 0.15) is 16.7 Å². The molecule has 0 saturated carbocycles. The Kier molecular flexibility index (Phi) is 12.9. The molecule has 2 N–H and O–H groups in total. The van der Waals surface area contributed by atoms with Crippen LogP contribution in [-0.4, -0.2) is 64.2 Å². The molecule has 256 valence electrons. The Morgan fingerprint density at radius 1 is 0.442 bits per heavy atom. The molecule has 0 aromatic rings. The third-order valence-electron chi connectivity index (χ3n) is 7.11. The van der Waals surface area contributed by atoms with E-state index in [0.29, 0.717) is 13.2 Å². The van der Waals surface area contributed by atoms with E-state index >= 15 is 0 Å². The van der Waals surface area contributed by atoms with Gasteiger partial charge in [0.2, 0.25) is 16.9 Å². The summed E-state index contributed by atoms with van der Waals surface area (Å²) in [5, 5.41) is 7.91. The zero-order valence-electron chi connectivity index (χ0n) is 31.7. The predicted octanol–water partition coefficient (Wildman–Crippen LogP) is 10.9. The molecule has 2 aliphatic rings. The summed E-state index contributed by atoms with van der Waals surface area (Å²) in [6, 6.07) is 0. The first-order chi connectivity index (χ1) is 19.0. The summed E-state index contributed by atoms with van der Waals surface area (Å²) in [6.45, 7) is 47.5. The van der Waals surface area contributed by atoms with E-state index in [0.717, 1.165) is 12.8 Å². The molecule has 2 rings (SSSR count). The van der Waals surface area contributed by atoms with Crippen molar-refractivity contribution in [1.82, 2.24) is 27.9 Å². The SMILES string of the molecule is CCC(CC)(COP1N(C(C)(C)C)P(NC(C)(C)C)N1C(C)(C)C)COP1N(C(C)(C)C)P(NC(C)(C)C)N1C(C)(C)C. The number of nitrogens with zero attached hydrogens (tertiary/aromatic N) is 4. The Balaban J connectivity index is 2.33. The molecule has 0 atom stereocenters. The molecule has 43 heavy (non-hydrogen) atoms.